The molecule has 2 N–H and O–H groups in total. The quantitative estimate of drug-likeness (QED) is 0.482. The molecule has 0 bridgehead atoms. The van der Waals surface area contributed by atoms with Crippen molar-refractivity contribution in [1.82, 2.24) is 5.32 Å². The van der Waals surface area contributed by atoms with Crippen LogP contribution in [0.2, 0.25) is 0 Å². The molecule has 2 nitrogen and oxygen atoms in total. The van der Waals surface area contributed by atoms with Crippen LogP contribution in [0.4, 0.5) is 0 Å². The first-order chi connectivity index (χ1) is 5.93. The van der Waals surface area contributed by atoms with Crippen LogP contribution in [0.3, 0.4) is 0 Å². The van der Waals surface area contributed by atoms with Crippen LogP contribution < -0.4 is 5.32 Å². The van der Waals surface area contributed by atoms with Crippen molar-refractivity contribution in [2.75, 3.05) is 19.7 Å². The van der Waals surface area contributed by atoms with E-state index in [1.165, 1.54) is 25.7 Å². The minimum absolute atomic E-state index is 0.298. The summed E-state index contributed by atoms with van der Waals surface area (Å²) in [5.41, 5.74) is 1.55. The first-order valence-corrected chi connectivity index (χ1v) is 4.93. The van der Waals surface area contributed by atoms with Gasteiger partial charge < -0.3 is 10.4 Å². The number of allylic oxidation sites excluding steroid dienone is 1. The van der Waals surface area contributed by atoms with Crippen molar-refractivity contribution in [2.45, 2.75) is 32.1 Å². The molecule has 1 aliphatic carbocycles. The zero-order chi connectivity index (χ0) is 8.65. The monoisotopic (exact) mass is 169 g/mol. The highest BCUT2D eigenvalue weighted by atomic mass is 16.3. The van der Waals surface area contributed by atoms with Gasteiger partial charge in [0.15, 0.2) is 0 Å². The Morgan fingerprint density at radius 3 is 3.00 bits per heavy atom. The normalized spacial score (nSPS) is 17.6. The maximum atomic E-state index is 8.55. The molecule has 0 radical (unpaired) electrons. The fraction of sp³-hybridized carbons (Fsp3) is 0.800. The molecule has 2 heteroatoms. The largest absolute Gasteiger partial charge is 0.396 e. The van der Waals surface area contributed by atoms with Gasteiger partial charge in [-0.1, -0.05) is 11.6 Å². The van der Waals surface area contributed by atoms with Gasteiger partial charge in [0.25, 0.3) is 0 Å². The summed E-state index contributed by atoms with van der Waals surface area (Å²) in [6, 6.07) is 0. The molecule has 0 aromatic carbocycles. The average molecular weight is 169 g/mol. The van der Waals surface area contributed by atoms with Crippen LogP contribution in [0.15, 0.2) is 11.6 Å². The zero-order valence-electron chi connectivity index (χ0n) is 7.68. The van der Waals surface area contributed by atoms with E-state index in [9.17, 15) is 0 Å². The van der Waals surface area contributed by atoms with Crippen molar-refractivity contribution in [3.63, 3.8) is 0 Å². The van der Waals surface area contributed by atoms with E-state index >= 15 is 0 Å². The van der Waals surface area contributed by atoms with Crippen molar-refractivity contribution >= 4 is 0 Å². The molecule has 70 valence electrons. The van der Waals surface area contributed by atoms with Crippen LogP contribution in [0.25, 0.3) is 0 Å². The highest BCUT2D eigenvalue weighted by Crippen LogP contribution is 2.15. The lowest BCUT2D eigenvalue weighted by Gasteiger charge is -2.12. The van der Waals surface area contributed by atoms with E-state index in [0.29, 0.717) is 6.61 Å². The Bertz CT molecular complexity index is 143. The van der Waals surface area contributed by atoms with E-state index in [2.05, 4.69) is 11.4 Å². The zero-order valence-corrected chi connectivity index (χ0v) is 7.68. The van der Waals surface area contributed by atoms with Gasteiger partial charge in [-0.3, -0.25) is 0 Å². The summed E-state index contributed by atoms with van der Waals surface area (Å²) < 4.78 is 0. The first-order valence-electron chi connectivity index (χ1n) is 4.93. The summed E-state index contributed by atoms with van der Waals surface area (Å²) in [5.74, 6) is 0. The van der Waals surface area contributed by atoms with Gasteiger partial charge in [-0.25, -0.2) is 0 Å². The van der Waals surface area contributed by atoms with Crippen molar-refractivity contribution in [3.8, 4) is 0 Å². The van der Waals surface area contributed by atoms with Crippen LogP contribution in [0, 0.1) is 0 Å². The topological polar surface area (TPSA) is 32.3 Å². The maximum Gasteiger partial charge on any atom is 0.0443 e. The lowest BCUT2D eigenvalue weighted by molar-refractivity contribution is 0.286. The molecule has 1 rings (SSSR count). The van der Waals surface area contributed by atoms with Gasteiger partial charge in [0, 0.05) is 13.2 Å². The summed E-state index contributed by atoms with van der Waals surface area (Å²) >= 11 is 0. The number of hydrogen-bond acceptors (Lipinski definition) is 2. The second-order valence-electron chi connectivity index (χ2n) is 3.36. The highest BCUT2D eigenvalue weighted by Gasteiger charge is 2.01. The third-order valence-corrected chi connectivity index (χ3v) is 2.25. The SMILES string of the molecule is OCCCNCC1=CCCCC1. The number of aliphatic hydroxyl groups is 1. The molecule has 0 saturated heterocycles. The minimum atomic E-state index is 0.298. The predicted octanol–water partition coefficient (Wildman–Crippen LogP) is 1.46. The number of aliphatic hydroxyl groups excluding tert-OH is 1. The standard InChI is InChI=1S/C10H19NO/c12-8-4-7-11-9-10-5-2-1-3-6-10/h5,11-12H,1-4,6-9H2. The first kappa shape index (κ1) is 9.75. The second-order valence-corrected chi connectivity index (χ2v) is 3.36. The molecule has 0 saturated carbocycles. The lowest BCUT2D eigenvalue weighted by Crippen LogP contribution is -2.19. The molecule has 0 spiro atoms. The molecule has 0 aromatic rings. The Hall–Kier alpha value is -0.340. The third-order valence-electron chi connectivity index (χ3n) is 2.25. The van der Waals surface area contributed by atoms with Gasteiger partial charge in [-0.05, 0) is 38.6 Å². The van der Waals surface area contributed by atoms with E-state index in [1.54, 1.807) is 5.57 Å². The summed E-state index contributed by atoms with van der Waals surface area (Å²) in [7, 11) is 0. The van der Waals surface area contributed by atoms with Crippen molar-refractivity contribution in [3.05, 3.63) is 11.6 Å². The van der Waals surface area contributed by atoms with E-state index in [1.807, 2.05) is 0 Å². The van der Waals surface area contributed by atoms with E-state index in [0.717, 1.165) is 19.5 Å². The molecule has 0 fully saturated rings. The summed E-state index contributed by atoms with van der Waals surface area (Å²) in [4.78, 5) is 0. The lowest BCUT2D eigenvalue weighted by atomic mass is 10.00. The molecule has 12 heavy (non-hydrogen) atoms. The Labute approximate surface area is 74.7 Å². The molecule has 0 amide bonds. The Balaban J connectivity index is 2.01. The molecule has 0 atom stereocenters. The molecular weight excluding hydrogens is 150 g/mol. The molecule has 0 unspecified atom stereocenters. The molecular formula is C10H19NO. The summed E-state index contributed by atoms with van der Waals surface area (Å²) in [5, 5.41) is 11.9. The number of nitrogens with one attached hydrogen (secondary N) is 1. The van der Waals surface area contributed by atoms with Crippen LogP contribution in [-0.2, 0) is 0 Å². The Morgan fingerprint density at radius 1 is 1.42 bits per heavy atom. The van der Waals surface area contributed by atoms with Crippen LogP contribution in [-0.4, -0.2) is 24.8 Å². The van der Waals surface area contributed by atoms with Gasteiger partial charge >= 0.3 is 0 Å². The van der Waals surface area contributed by atoms with Gasteiger partial charge in [0.05, 0.1) is 0 Å². The van der Waals surface area contributed by atoms with Crippen LogP contribution in [0.1, 0.15) is 32.1 Å². The van der Waals surface area contributed by atoms with E-state index in [4.69, 9.17) is 5.11 Å². The maximum absolute atomic E-state index is 8.55. The molecule has 0 aliphatic heterocycles. The molecule has 1 aliphatic rings. The van der Waals surface area contributed by atoms with E-state index in [-0.39, 0.29) is 0 Å². The van der Waals surface area contributed by atoms with Crippen molar-refractivity contribution in [1.29, 1.82) is 0 Å². The summed E-state index contributed by atoms with van der Waals surface area (Å²) in [6.07, 6.45) is 8.47. The predicted molar refractivity (Wildman–Crippen MR) is 51.1 cm³/mol. The van der Waals surface area contributed by atoms with E-state index < -0.39 is 0 Å². The molecule has 0 heterocycles. The summed E-state index contributed by atoms with van der Waals surface area (Å²) in [6.45, 7) is 2.26. The highest BCUT2D eigenvalue weighted by molar-refractivity contribution is 5.06. The van der Waals surface area contributed by atoms with Gasteiger partial charge in [-0.15, -0.1) is 0 Å². The van der Waals surface area contributed by atoms with Gasteiger partial charge in [0.1, 0.15) is 0 Å². The minimum Gasteiger partial charge on any atom is -0.396 e. The second kappa shape index (κ2) is 6.21. The van der Waals surface area contributed by atoms with Crippen LogP contribution >= 0.6 is 0 Å². The fourth-order valence-electron chi connectivity index (χ4n) is 1.52. The Morgan fingerprint density at radius 2 is 2.33 bits per heavy atom. The number of rotatable bonds is 5. The van der Waals surface area contributed by atoms with Crippen molar-refractivity contribution in [2.24, 2.45) is 0 Å². The third kappa shape index (κ3) is 3.88. The fourth-order valence-corrected chi connectivity index (χ4v) is 1.52. The Kier molecular flexibility index (Phi) is 5.04. The van der Waals surface area contributed by atoms with Gasteiger partial charge in [-0.2, -0.15) is 0 Å². The van der Waals surface area contributed by atoms with Crippen LogP contribution in [0.5, 0.6) is 0 Å². The van der Waals surface area contributed by atoms with Gasteiger partial charge in [0.2, 0.25) is 0 Å². The average Bonchev–Trinajstić information content (AvgIpc) is 2.14. The number of hydrogen-bond donors (Lipinski definition) is 2. The molecule has 0 aromatic heterocycles. The smallest absolute Gasteiger partial charge is 0.0443 e. The van der Waals surface area contributed by atoms with Crippen molar-refractivity contribution < 1.29 is 5.11 Å².